The second-order valence-electron chi connectivity index (χ2n) is 5.83. The van der Waals surface area contributed by atoms with E-state index in [2.05, 4.69) is 6.92 Å². The zero-order chi connectivity index (χ0) is 13.2. The Bertz CT molecular complexity index is 361. The van der Waals surface area contributed by atoms with Crippen molar-refractivity contribution < 1.29 is 13.3 Å². The predicted molar refractivity (Wildman–Crippen MR) is 73.2 cm³/mol. The Morgan fingerprint density at radius 2 is 1.78 bits per heavy atom. The van der Waals surface area contributed by atoms with Crippen LogP contribution in [-0.4, -0.2) is 50.7 Å². The molecule has 1 aliphatic carbocycles. The van der Waals surface area contributed by atoms with Crippen LogP contribution in [0.3, 0.4) is 0 Å². The molecule has 4 nitrogen and oxygen atoms in total. The fraction of sp³-hybridized carbons (Fsp3) is 1.00. The number of piperazine rings is 1. The van der Waals surface area contributed by atoms with Crippen molar-refractivity contribution in [1.82, 2.24) is 4.31 Å². The van der Waals surface area contributed by atoms with Gasteiger partial charge in [0, 0.05) is 5.92 Å². The van der Waals surface area contributed by atoms with Gasteiger partial charge in [0.05, 0.1) is 38.0 Å². The molecule has 2 rings (SSSR count). The van der Waals surface area contributed by atoms with E-state index in [0.717, 1.165) is 25.0 Å². The van der Waals surface area contributed by atoms with Crippen LogP contribution in [-0.2, 0) is 10.0 Å². The standard InChI is InChI=1S/C13H26N2O2S/c1-3-18(16,17)15-10-8-14(9-11-15)13-7-5-4-6-12(13)2/h12-13H,3-11H2,1-2H3/p+1/t12-,13-/m1/s1. The molecule has 106 valence electrons. The van der Waals surface area contributed by atoms with E-state index >= 15 is 0 Å². The molecule has 2 aliphatic rings. The van der Waals surface area contributed by atoms with E-state index in [1.165, 1.54) is 25.7 Å². The summed E-state index contributed by atoms with van der Waals surface area (Å²) in [6, 6.07) is 0.769. The lowest BCUT2D eigenvalue weighted by Crippen LogP contribution is -3.19. The maximum absolute atomic E-state index is 11.8. The van der Waals surface area contributed by atoms with E-state index in [0.29, 0.717) is 13.1 Å². The summed E-state index contributed by atoms with van der Waals surface area (Å²) in [6.07, 6.45) is 5.42. The molecule has 1 N–H and O–H groups in total. The molecule has 0 aromatic carbocycles. The number of hydrogen-bond acceptors (Lipinski definition) is 2. The van der Waals surface area contributed by atoms with Crippen LogP contribution in [0, 0.1) is 5.92 Å². The molecule has 0 radical (unpaired) electrons. The summed E-state index contributed by atoms with van der Waals surface area (Å²) < 4.78 is 25.3. The van der Waals surface area contributed by atoms with E-state index in [9.17, 15) is 8.42 Å². The van der Waals surface area contributed by atoms with Crippen LogP contribution in [0.2, 0.25) is 0 Å². The molecule has 0 unspecified atom stereocenters. The monoisotopic (exact) mass is 275 g/mol. The fourth-order valence-corrected chi connectivity index (χ4v) is 4.63. The van der Waals surface area contributed by atoms with Crippen LogP contribution in [0.25, 0.3) is 0 Å². The largest absolute Gasteiger partial charge is 0.330 e. The minimum absolute atomic E-state index is 0.238. The predicted octanol–water partition coefficient (Wildman–Crippen LogP) is 0.115. The van der Waals surface area contributed by atoms with Gasteiger partial charge in [-0.25, -0.2) is 8.42 Å². The zero-order valence-corrected chi connectivity index (χ0v) is 12.5. The van der Waals surface area contributed by atoms with Crippen molar-refractivity contribution >= 4 is 10.0 Å². The average Bonchev–Trinajstić information content (AvgIpc) is 2.39. The first-order valence-corrected chi connectivity index (χ1v) is 8.98. The number of rotatable bonds is 3. The first-order valence-electron chi connectivity index (χ1n) is 7.37. The molecular formula is C13H27N2O2S+. The third-order valence-electron chi connectivity index (χ3n) is 4.76. The maximum atomic E-state index is 11.8. The second kappa shape index (κ2) is 5.88. The van der Waals surface area contributed by atoms with Crippen LogP contribution < -0.4 is 4.90 Å². The Morgan fingerprint density at radius 1 is 1.17 bits per heavy atom. The molecule has 1 heterocycles. The van der Waals surface area contributed by atoms with Gasteiger partial charge in [-0.3, -0.25) is 0 Å². The zero-order valence-electron chi connectivity index (χ0n) is 11.7. The first kappa shape index (κ1) is 14.3. The Hall–Kier alpha value is -0.130. The second-order valence-corrected chi connectivity index (χ2v) is 8.08. The Labute approximate surface area is 111 Å². The molecule has 1 aliphatic heterocycles. The summed E-state index contributed by atoms with van der Waals surface area (Å²) in [5, 5.41) is 0. The van der Waals surface area contributed by atoms with Gasteiger partial charge in [-0.15, -0.1) is 0 Å². The molecule has 2 fully saturated rings. The number of quaternary nitrogens is 1. The topological polar surface area (TPSA) is 41.8 Å². The Kier molecular flexibility index (Phi) is 4.67. The minimum Gasteiger partial charge on any atom is -0.330 e. The van der Waals surface area contributed by atoms with Gasteiger partial charge in [0.1, 0.15) is 0 Å². The van der Waals surface area contributed by atoms with Gasteiger partial charge in [0.15, 0.2) is 0 Å². The summed E-state index contributed by atoms with van der Waals surface area (Å²) in [4.78, 5) is 1.64. The van der Waals surface area contributed by atoms with Gasteiger partial charge in [-0.05, 0) is 26.2 Å². The van der Waals surface area contributed by atoms with E-state index in [4.69, 9.17) is 0 Å². The highest BCUT2D eigenvalue weighted by atomic mass is 32.2. The quantitative estimate of drug-likeness (QED) is 0.795. The summed E-state index contributed by atoms with van der Waals surface area (Å²) in [7, 11) is -2.97. The van der Waals surface area contributed by atoms with Crippen molar-refractivity contribution in [2.45, 2.75) is 45.6 Å². The van der Waals surface area contributed by atoms with Crippen LogP contribution in [0.4, 0.5) is 0 Å². The molecule has 18 heavy (non-hydrogen) atoms. The molecule has 1 saturated carbocycles. The molecule has 0 spiro atoms. The molecule has 0 aromatic heterocycles. The molecule has 0 aromatic rings. The molecule has 5 heteroatoms. The normalized spacial score (nSPS) is 32.6. The van der Waals surface area contributed by atoms with Crippen molar-refractivity contribution in [3.05, 3.63) is 0 Å². The van der Waals surface area contributed by atoms with Crippen molar-refractivity contribution in [2.75, 3.05) is 31.9 Å². The van der Waals surface area contributed by atoms with E-state index in [1.54, 1.807) is 16.1 Å². The third-order valence-corrected chi connectivity index (χ3v) is 6.64. The molecule has 0 bridgehead atoms. The van der Waals surface area contributed by atoms with Crippen LogP contribution >= 0.6 is 0 Å². The average molecular weight is 275 g/mol. The first-order chi connectivity index (χ1) is 8.54. The van der Waals surface area contributed by atoms with Gasteiger partial charge in [0.2, 0.25) is 10.0 Å². The lowest BCUT2D eigenvalue weighted by Gasteiger charge is -2.40. The lowest BCUT2D eigenvalue weighted by molar-refractivity contribution is -0.933. The van der Waals surface area contributed by atoms with Crippen LogP contribution in [0.15, 0.2) is 0 Å². The molecule has 1 saturated heterocycles. The molecule has 2 atom stereocenters. The lowest BCUT2D eigenvalue weighted by atomic mass is 9.84. The van der Waals surface area contributed by atoms with Gasteiger partial charge < -0.3 is 4.90 Å². The van der Waals surface area contributed by atoms with Gasteiger partial charge in [0.25, 0.3) is 0 Å². The van der Waals surface area contributed by atoms with Crippen LogP contribution in [0.5, 0.6) is 0 Å². The van der Waals surface area contributed by atoms with E-state index in [-0.39, 0.29) is 5.75 Å². The van der Waals surface area contributed by atoms with E-state index < -0.39 is 10.0 Å². The van der Waals surface area contributed by atoms with Gasteiger partial charge >= 0.3 is 0 Å². The Balaban J connectivity index is 1.90. The highest BCUT2D eigenvalue weighted by molar-refractivity contribution is 7.89. The summed E-state index contributed by atoms with van der Waals surface area (Å²) in [6.45, 7) is 7.52. The smallest absolute Gasteiger partial charge is 0.214 e. The maximum Gasteiger partial charge on any atom is 0.214 e. The van der Waals surface area contributed by atoms with Crippen molar-refractivity contribution in [3.63, 3.8) is 0 Å². The van der Waals surface area contributed by atoms with Crippen LogP contribution in [0.1, 0.15) is 39.5 Å². The van der Waals surface area contributed by atoms with Crippen molar-refractivity contribution in [1.29, 1.82) is 0 Å². The number of sulfonamides is 1. The summed E-state index contributed by atoms with van der Waals surface area (Å²) >= 11 is 0. The Morgan fingerprint density at radius 3 is 2.33 bits per heavy atom. The molecular weight excluding hydrogens is 248 g/mol. The third kappa shape index (κ3) is 3.06. The van der Waals surface area contributed by atoms with E-state index in [1.807, 2.05) is 0 Å². The highest BCUT2D eigenvalue weighted by Gasteiger charge is 2.35. The molecule has 0 amide bonds. The van der Waals surface area contributed by atoms with Crippen molar-refractivity contribution in [3.8, 4) is 0 Å². The highest BCUT2D eigenvalue weighted by Crippen LogP contribution is 2.22. The van der Waals surface area contributed by atoms with Crippen molar-refractivity contribution in [2.24, 2.45) is 5.92 Å². The van der Waals surface area contributed by atoms with Gasteiger partial charge in [-0.1, -0.05) is 13.3 Å². The summed E-state index contributed by atoms with van der Waals surface area (Å²) in [5.41, 5.74) is 0. The number of hydrogen-bond donors (Lipinski definition) is 1. The fourth-order valence-electron chi connectivity index (χ4n) is 3.53. The minimum atomic E-state index is -2.97. The number of nitrogens with one attached hydrogen (secondary N) is 1. The van der Waals surface area contributed by atoms with Gasteiger partial charge in [-0.2, -0.15) is 4.31 Å². The number of nitrogens with zero attached hydrogens (tertiary/aromatic N) is 1. The summed E-state index contributed by atoms with van der Waals surface area (Å²) in [5.74, 6) is 1.05. The SMILES string of the molecule is CCS(=O)(=O)N1CC[NH+]([C@@H]2CCCC[C@H]2C)CC1.